The smallest absolute Gasteiger partial charge is 0.234 e. The van der Waals surface area contributed by atoms with Crippen LogP contribution in [0.5, 0.6) is 11.5 Å². The Labute approximate surface area is 153 Å². The van der Waals surface area contributed by atoms with Gasteiger partial charge in [-0.2, -0.15) is 0 Å². The number of thioether (sulfide) groups is 1. The fourth-order valence-electron chi connectivity index (χ4n) is 5.74. The fraction of sp³-hybridized carbons (Fsp3) is 0.650. The number of rotatable bonds is 4. The summed E-state index contributed by atoms with van der Waals surface area (Å²) in [4.78, 5) is 12.5. The second-order valence-electron chi connectivity index (χ2n) is 8.30. The number of fused-ring (bicyclic) bond motifs is 1. The molecule has 1 N–H and O–H groups in total. The lowest BCUT2D eigenvalue weighted by atomic mass is 9.56. The molecule has 5 heteroatoms. The Bertz CT molecular complexity index is 654. The number of benzene rings is 1. The molecule has 0 spiro atoms. The lowest BCUT2D eigenvalue weighted by molar-refractivity contribution is -0.113. The van der Waals surface area contributed by atoms with E-state index in [1.54, 1.807) is 0 Å². The summed E-state index contributed by atoms with van der Waals surface area (Å²) in [6.45, 7) is 1.15. The molecule has 5 aliphatic rings. The molecule has 1 aromatic rings. The molecule has 1 heterocycles. The molecule has 1 aliphatic heterocycles. The van der Waals surface area contributed by atoms with Gasteiger partial charge in [0, 0.05) is 16.5 Å². The van der Waals surface area contributed by atoms with Crippen LogP contribution in [0.2, 0.25) is 0 Å². The predicted molar refractivity (Wildman–Crippen MR) is 99.4 cm³/mol. The Morgan fingerprint density at radius 3 is 2.36 bits per heavy atom. The average molecular weight is 359 g/mol. The van der Waals surface area contributed by atoms with E-state index >= 15 is 0 Å². The maximum absolute atomic E-state index is 12.5. The molecule has 0 aromatic heterocycles. The van der Waals surface area contributed by atoms with Gasteiger partial charge in [0.2, 0.25) is 5.91 Å². The van der Waals surface area contributed by atoms with Crippen molar-refractivity contribution in [3.63, 3.8) is 0 Å². The van der Waals surface area contributed by atoms with Crippen LogP contribution in [0.15, 0.2) is 18.2 Å². The van der Waals surface area contributed by atoms with Gasteiger partial charge in [-0.05, 0) is 68.4 Å². The Kier molecular flexibility index (Phi) is 3.88. The molecule has 0 radical (unpaired) electrons. The molecule has 0 saturated heterocycles. The first kappa shape index (κ1) is 15.9. The van der Waals surface area contributed by atoms with Crippen LogP contribution < -0.4 is 14.8 Å². The first-order valence-electron chi connectivity index (χ1n) is 9.51. The van der Waals surface area contributed by atoms with Crippen molar-refractivity contribution in [2.24, 2.45) is 17.8 Å². The molecular weight excluding hydrogens is 334 g/mol. The monoisotopic (exact) mass is 359 g/mol. The fourth-order valence-corrected chi connectivity index (χ4v) is 7.31. The second-order valence-corrected chi connectivity index (χ2v) is 9.74. The van der Waals surface area contributed by atoms with Crippen molar-refractivity contribution < 1.29 is 14.3 Å². The molecule has 4 fully saturated rings. The van der Waals surface area contributed by atoms with Crippen molar-refractivity contribution in [1.82, 2.24) is 0 Å². The van der Waals surface area contributed by atoms with Crippen molar-refractivity contribution in [3.05, 3.63) is 18.2 Å². The topological polar surface area (TPSA) is 47.6 Å². The lowest BCUT2D eigenvalue weighted by Gasteiger charge is -2.56. The molecule has 4 saturated carbocycles. The Hall–Kier alpha value is -1.36. The van der Waals surface area contributed by atoms with Crippen LogP contribution in [0.25, 0.3) is 0 Å². The lowest BCUT2D eigenvalue weighted by Crippen LogP contribution is -2.49. The van der Waals surface area contributed by atoms with E-state index in [4.69, 9.17) is 9.47 Å². The van der Waals surface area contributed by atoms with Crippen LogP contribution in [0.1, 0.15) is 38.5 Å². The van der Waals surface area contributed by atoms with Crippen molar-refractivity contribution >= 4 is 23.4 Å². The van der Waals surface area contributed by atoms with Gasteiger partial charge < -0.3 is 14.8 Å². The minimum Gasteiger partial charge on any atom is -0.486 e. The van der Waals surface area contributed by atoms with Gasteiger partial charge in [-0.25, -0.2) is 0 Å². The van der Waals surface area contributed by atoms with Gasteiger partial charge in [0.05, 0.1) is 5.75 Å². The first-order chi connectivity index (χ1) is 12.2. The third kappa shape index (κ3) is 3.12. The van der Waals surface area contributed by atoms with Crippen LogP contribution in [-0.4, -0.2) is 29.6 Å². The third-order valence-corrected chi connectivity index (χ3v) is 7.84. The summed E-state index contributed by atoms with van der Waals surface area (Å²) in [5.74, 6) is 4.92. The minimum atomic E-state index is 0.0948. The number of hydrogen-bond acceptors (Lipinski definition) is 4. The molecule has 4 nitrogen and oxygen atoms in total. The normalized spacial score (nSPS) is 34.8. The maximum Gasteiger partial charge on any atom is 0.234 e. The zero-order chi connectivity index (χ0) is 16.9. The van der Waals surface area contributed by atoms with E-state index in [1.807, 2.05) is 30.0 Å². The van der Waals surface area contributed by atoms with Gasteiger partial charge >= 0.3 is 0 Å². The average Bonchev–Trinajstić information content (AvgIpc) is 2.59. The van der Waals surface area contributed by atoms with Gasteiger partial charge in [-0.15, -0.1) is 11.8 Å². The zero-order valence-electron chi connectivity index (χ0n) is 14.5. The van der Waals surface area contributed by atoms with Crippen molar-refractivity contribution in [3.8, 4) is 11.5 Å². The van der Waals surface area contributed by atoms with E-state index in [2.05, 4.69) is 5.32 Å². The molecule has 4 aliphatic carbocycles. The van der Waals surface area contributed by atoms with E-state index < -0.39 is 0 Å². The van der Waals surface area contributed by atoms with Crippen LogP contribution in [-0.2, 0) is 4.79 Å². The number of hydrogen-bond donors (Lipinski definition) is 1. The van der Waals surface area contributed by atoms with Gasteiger partial charge in [-0.3, -0.25) is 4.79 Å². The molecule has 25 heavy (non-hydrogen) atoms. The van der Waals surface area contributed by atoms with E-state index in [1.165, 1.54) is 38.5 Å². The summed E-state index contributed by atoms with van der Waals surface area (Å²) in [7, 11) is 0. The molecule has 4 bridgehead atoms. The Morgan fingerprint density at radius 1 is 1.04 bits per heavy atom. The van der Waals surface area contributed by atoms with E-state index in [0.29, 0.717) is 23.7 Å². The van der Waals surface area contributed by atoms with Crippen LogP contribution >= 0.6 is 11.8 Å². The van der Waals surface area contributed by atoms with Crippen molar-refractivity contribution in [1.29, 1.82) is 0 Å². The summed E-state index contributed by atoms with van der Waals surface area (Å²) in [5.41, 5.74) is 0.792. The van der Waals surface area contributed by atoms with Gasteiger partial charge in [-0.1, -0.05) is 0 Å². The highest BCUT2D eigenvalue weighted by Gasteiger charge is 2.51. The summed E-state index contributed by atoms with van der Waals surface area (Å²) in [5, 5.41) is 3.03. The highest BCUT2D eigenvalue weighted by atomic mass is 32.2. The molecule has 134 valence electrons. The number of ether oxygens (including phenoxy) is 2. The summed E-state index contributed by atoms with van der Waals surface area (Å²) < 4.78 is 11.5. The van der Waals surface area contributed by atoms with E-state index in [-0.39, 0.29) is 5.91 Å². The van der Waals surface area contributed by atoms with Crippen LogP contribution in [0, 0.1) is 17.8 Å². The second kappa shape index (κ2) is 6.11. The number of carbonyl (C=O) groups excluding carboxylic acids is 1. The molecule has 1 aromatic carbocycles. The SMILES string of the molecule is O=C(CSC12CC3CC(CC(C3)C1)C2)Nc1ccc2c(c1)OCCO2. The highest BCUT2D eigenvalue weighted by Crippen LogP contribution is 2.60. The van der Waals surface area contributed by atoms with Crippen molar-refractivity contribution in [2.75, 3.05) is 24.3 Å². The molecule has 6 rings (SSSR count). The van der Waals surface area contributed by atoms with Gasteiger partial charge in [0.15, 0.2) is 11.5 Å². The molecule has 0 unspecified atom stereocenters. The predicted octanol–water partition coefficient (Wildman–Crippen LogP) is 4.10. The van der Waals surface area contributed by atoms with Crippen molar-refractivity contribution in [2.45, 2.75) is 43.3 Å². The largest absolute Gasteiger partial charge is 0.486 e. The summed E-state index contributed by atoms with van der Waals surface area (Å²) >= 11 is 1.92. The van der Waals surface area contributed by atoms with Gasteiger partial charge in [0.25, 0.3) is 0 Å². The quantitative estimate of drug-likeness (QED) is 0.879. The van der Waals surface area contributed by atoms with E-state index in [9.17, 15) is 4.79 Å². The van der Waals surface area contributed by atoms with Crippen LogP contribution in [0.4, 0.5) is 5.69 Å². The molecule has 1 amide bonds. The standard InChI is InChI=1S/C20H25NO3S/c22-19(21-16-1-2-17-18(8-16)24-4-3-23-17)12-25-20-9-13-5-14(10-20)7-15(6-13)11-20/h1-2,8,13-15H,3-7,9-12H2,(H,21,22). The van der Waals surface area contributed by atoms with Crippen LogP contribution in [0.3, 0.4) is 0 Å². The highest BCUT2D eigenvalue weighted by molar-refractivity contribution is 8.01. The first-order valence-corrected chi connectivity index (χ1v) is 10.5. The number of amides is 1. The molecular formula is C20H25NO3S. The Morgan fingerprint density at radius 2 is 1.68 bits per heavy atom. The minimum absolute atomic E-state index is 0.0948. The maximum atomic E-state index is 12.5. The van der Waals surface area contributed by atoms with E-state index in [0.717, 1.165) is 34.9 Å². The number of carbonyl (C=O) groups is 1. The zero-order valence-corrected chi connectivity index (χ0v) is 15.3. The van der Waals surface area contributed by atoms with Gasteiger partial charge in [0.1, 0.15) is 13.2 Å². The summed E-state index contributed by atoms with van der Waals surface area (Å²) in [6.07, 6.45) is 8.35. The Balaban J connectivity index is 1.20. The number of anilines is 1. The number of nitrogens with one attached hydrogen (secondary N) is 1. The summed E-state index contributed by atoms with van der Waals surface area (Å²) in [6, 6.07) is 5.62. The molecule has 0 atom stereocenters. The third-order valence-electron chi connectivity index (χ3n) is 6.32.